The highest BCUT2D eigenvalue weighted by Crippen LogP contribution is 2.46. The molecule has 0 atom stereocenters. The van der Waals surface area contributed by atoms with Crippen molar-refractivity contribution in [2.75, 3.05) is 13.2 Å². The van der Waals surface area contributed by atoms with Crippen LogP contribution in [0.5, 0.6) is 5.75 Å². The molecule has 1 aliphatic carbocycles. The Bertz CT molecular complexity index is 421. The van der Waals surface area contributed by atoms with Crippen LogP contribution >= 0.6 is 0 Å². The molecule has 0 aromatic heterocycles. The molecule has 3 rings (SSSR count). The van der Waals surface area contributed by atoms with E-state index in [0.29, 0.717) is 25.4 Å². The lowest BCUT2D eigenvalue weighted by atomic mass is 10.1. The molecule has 84 valence electrons. The quantitative estimate of drug-likeness (QED) is 0.706. The van der Waals surface area contributed by atoms with Gasteiger partial charge in [-0.2, -0.15) is 0 Å². The van der Waals surface area contributed by atoms with Crippen molar-refractivity contribution in [3.8, 4) is 5.75 Å². The number of carbonyl (C=O) groups excluding carboxylic acids is 1. The van der Waals surface area contributed by atoms with Gasteiger partial charge in [0.05, 0.1) is 13.2 Å². The van der Waals surface area contributed by atoms with Crippen molar-refractivity contribution in [1.29, 1.82) is 0 Å². The Morgan fingerprint density at radius 2 is 2.12 bits per heavy atom. The van der Waals surface area contributed by atoms with E-state index in [1.165, 1.54) is 0 Å². The van der Waals surface area contributed by atoms with Crippen LogP contribution in [0.4, 0.5) is 0 Å². The molecule has 2 aliphatic rings. The van der Waals surface area contributed by atoms with E-state index < -0.39 is 5.79 Å². The lowest BCUT2D eigenvalue weighted by Crippen LogP contribution is -2.23. The molecule has 1 heterocycles. The fourth-order valence-corrected chi connectivity index (χ4v) is 2.52. The highest BCUT2D eigenvalue weighted by molar-refractivity contribution is 5.52. The third-order valence-corrected chi connectivity index (χ3v) is 3.18. The summed E-state index contributed by atoms with van der Waals surface area (Å²) in [5.41, 5.74) is 2.03. The van der Waals surface area contributed by atoms with Crippen molar-refractivity contribution in [2.24, 2.45) is 0 Å². The van der Waals surface area contributed by atoms with Crippen LogP contribution in [0, 0.1) is 0 Å². The standard InChI is InChI=1S/C12H12O4/c13-8-14-11-3-1-2-10-9(11)4-5-12(10)15-6-7-16-12/h1-3,8H,4-7H2. The molecule has 1 fully saturated rings. The van der Waals surface area contributed by atoms with Crippen molar-refractivity contribution in [3.05, 3.63) is 29.3 Å². The fourth-order valence-electron chi connectivity index (χ4n) is 2.52. The Morgan fingerprint density at radius 3 is 2.88 bits per heavy atom. The maximum atomic E-state index is 10.4. The summed E-state index contributed by atoms with van der Waals surface area (Å²) in [6.07, 6.45) is 1.61. The average molecular weight is 220 g/mol. The smallest absolute Gasteiger partial charge is 0.298 e. The molecule has 0 radical (unpaired) electrons. The highest BCUT2D eigenvalue weighted by atomic mass is 16.7. The number of ether oxygens (including phenoxy) is 3. The Kier molecular flexibility index (Phi) is 2.19. The third kappa shape index (κ3) is 1.27. The van der Waals surface area contributed by atoms with Crippen LogP contribution in [-0.2, 0) is 26.5 Å². The molecule has 0 saturated carbocycles. The molecular weight excluding hydrogens is 208 g/mol. The molecule has 1 spiro atoms. The van der Waals surface area contributed by atoms with E-state index in [1.807, 2.05) is 12.1 Å². The molecule has 1 aromatic carbocycles. The molecule has 4 heteroatoms. The molecule has 0 amide bonds. The van der Waals surface area contributed by atoms with Gasteiger partial charge in [0.25, 0.3) is 6.47 Å². The Balaban J connectivity index is 2.06. The van der Waals surface area contributed by atoms with E-state index in [9.17, 15) is 4.79 Å². The number of hydrogen-bond donors (Lipinski definition) is 0. The van der Waals surface area contributed by atoms with Crippen LogP contribution in [0.25, 0.3) is 0 Å². The Labute approximate surface area is 93.1 Å². The summed E-state index contributed by atoms with van der Waals surface area (Å²) in [7, 11) is 0. The minimum absolute atomic E-state index is 0.455. The van der Waals surface area contributed by atoms with Crippen LogP contribution in [0.15, 0.2) is 18.2 Å². The monoisotopic (exact) mass is 220 g/mol. The number of fused-ring (bicyclic) bond motifs is 2. The summed E-state index contributed by atoms with van der Waals surface area (Å²) in [6, 6.07) is 5.63. The Morgan fingerprint density at radius 1 is 1.31 bits per heavy atom. The molecule has 0 bridgehead atoms. The summed E-state index contributed by atoms with van der Waals surface area (Å²) in [6.45, 7) is 1.70. The minimum Gasteiger partial charge on any atom is -0.428 e. The minimum atomic E-state index is -0.586. The zero-order valence-corrected chi connectivity index (χ0v) is 8.77. The van der Waals surface area contributed by atoms with Gasteiger partial charge in [-0.1, -0.05) is 12.1 Å². The normalized spacial score (nSPS) is 21.0. The highest BCUT2D eigenvalue weighted by Gasteiger charge is 2.45. The van der Waals surface area contributed by atoms with Gasteiger partial charge < -0.3 is 14.2 Å². The number of benzene rings is 1. The van der Waals surface area contributed by atoms with Gasteiger partial charge in [-0.05, 0) is 12.5 Å². The first-order chi connectivity index (χ1) is 7.86. The van der Waals surface area contributed by atoms with Gasteiger partial charge in [0.2, 0.25) is 0 Å². The number of hydrogen-bond acceptors (Lipinski definition) is 4. The summed E-state index contributed by atoms with van der Waals surface area (Å²) < 4.78 is 16.3. The molecule has 1 saturated heterocycles. The van der Waals surface area contributed by atoms with Crippen LogP contribution in [0.2, 0.25) is 0 Å². The van der Waals surface area contributed by atoms with E-state index in [1.54, 1.807) is 6.07 Å². The maximum absolute atomic E-state index is 10.4. The summed E-state index contributed by atoms with van der Waals surface area (Å²) >= 11 is 0. The zero-order chi connectivity index (χ0) is 11.0. The van der Waals surface area contributed by atoms with Gasteiger partial charge in [0.1, 0.15) is 5.75 Å². The van der Waals surface area contributed by atoms with Gasteiger partial charge in [-0.3, -0.25) is 4.79 Å². The second-order valence-corrected chi connectivity index (χ2v) is 3.95. The second kappa shape index (κ2) is 3.57. The maximum Gasteiger partial charge on any atom is 0.298 e. The number of carbonyl (C=O) groups is 1. The fraction of sp³-hybridized carbons (Fsp3) is 0.417. The first-order valence-corrected chi connectivity index (χ1v) is 5.36. The topological polar surface area (TPSA) is 44.8 Å². The van der Waals surface area contributed by atoms with E-state index in [-0.39, 0.29) is 0 Å². The van der Waals surface area contributed by atoms with Crippen molar-refractivity contribution in [1.82, 2.24) is 0 Å². The van der Waals surface area contributed by atoms with E-state index >= 15 is 0 Å². The van der Waals surface area contributed by atoms with E-state index in [2.05, 4.69) is 0 Å². The van der Waals surface area contributed by atoms with Crippen molar-refractivity contribution in [3.63, 3.8) is 0 Å². The van der Waals surface area contributed by atoms with Crippen LogP contribution in [0.1, 0.15) is 17.5 Å². The van der Waals surface area contributed by atoms with Crippen LogP contribution in [-0.4, -0.2) is 19.7 Å². The summed E-state index contributed by atoms with van der Waals surface area (Å²) in [4.78, 5) is 10.4. The first-order valence-electron chi connectivity index (χ1n) is 5.36. The predicted octanol–water partition coefficient (Wildman–Crippen LogP) is 1.37. The lowest BCUT2D eigenvalue weighted by molar-refractivity contribution is -0.163. The summed E-state index contributed by atoms with van der Waals surface area (Å²) in [5.74, 6) is 0.0286. The third-order valence-electron chi connectivity index (χ3n) is 3.18. The molecule has 0 N–H and O–H groups in total. The Hall–Kier alpha value is -1.39. The predicted molar refractivity (Wildman–Crippen MR) is 55.0 cm³/mol. The van der Waals surface area contributed by atoms with E-state index in [4.69, 9.17) is 14.2 Å². The lowest BCUT2D eigenvalue weighted by Gasteiger charge is -2.22. The second-order valence-electron chi connectivity index (χ2n) is 3.95. The van der Waals surface area contributed by atoms with Crippen LogP contribution in [0.3, 0.4) is 0 Å². The SMILES string of the molecule is O=COc1cccc2c1CCC21OCCO1. The molecule has 16 heavy (non-hydrogen) atoms. The first kappa shape index (κ1) is 9.81. The van der Waals surface area contributed by atoms with Gasteiger partial charge in [0.15, 0.2) is 5.79 Å². The van der Waals surface area contributed by atoms with Gasteiger partial charge in [-0.25, -0.2) is 0 Å². The van der Waals surface area contributed by atoms with Crippen molar-refractivity contribution in [2.45, 2.75) is 18.6 Å². The molecule has 1 aromatic rings. The molecule has 4 nitrogen and oxygen atoms in total. The zero-order valence-electron chi connectivity index (χ0n) is 8.77. The molecule has 0 unspecified atom stereocenters. The number of rotatable bonds is 2. The summed E-state index contributed by atoms with van der Waals surface area (Å²) in [5, 5.41) is 0. The molecule has 1 aliphatic heterocycles. The van der Waals surface area contributed by atoms with E-state index in [0.717, 1.165) is 24.0 Å². The van der Waals surface area contributed by atoms with Gasteiger partial charge >= 0.3 is 0 Å². The van der Waals surface area contributed by atoms with Crippen molar-refractivity contribution < 1.29 is 19.0 Å². The largest absolute Gasteiger partial charge is 0.428 e. The average Bonchev–Trinajstić information content (AvgIpc) is 2.91. The van der Waals surface area contributed by atoms with Gasteiger partial charge in [0, 0.05) is 17.5 Å². The molecular formula is C12H12O4. The van der Waals surface area contributed by atoms with Crippen LogP contribution < -0.4 is 4.74 Å². The van der Waals surface area contributed by atoms with Gasteiger partial charge in [-0.15, -0.1) is 0 Å². The van der Waals surface area contributed by atoms with Crippen molar-refractivity contribution >= 4 is 6.47 Å².